The van der Waals surface area contributed by atoms with Gasteiger partial charge in [0.2, 0.25) is 0 Å². The minimum Gasteiger partial charge on any atom is -0.377 e. The molecule has 0 aliphatic rings. The van der Waals surface area contributed by atoms with E-state index in [9.17, 15) is 0 Å². The van der Waals surface area contributed by atoms with E-state index >= 15 is 0 Å². The molecular formula is C12H11BrClN3. The number of hydrogen-bond acceptors (Lipinski definition) is 3. The quantitative estimate of drug-likeness (QED) is 0.876. The Bertz CT molecular complexity index is 531. The third kappa shape index (κ3) is 3.41. The molecule has 0 spiro atoms. The van der Waals surface area contributed by atoms with Crippen molar-refractivity contribution in [1.82, 2.24) is 9.97 Å². The van der Waals surface area contributed by atoms with Crippen LogP contribution in [-0.2, 0) is 6.54 Å². The van der Waals surface area contributed by atoms with Gasteiger partial charge in [-0.2, -0.15) is 0 Å². The molecule has 0 amide bonds. The van der Waals surface area contributed by atoms with Crippen LogP contribution in [0.25, 0.3) is 0 Å². The molecule has 2 rings (SSSR count). The molecule has 88 valence electrons. The number of nitrogens with zero attached hydrogens (tertiary/aromatic N) is 2. The van der Waals surface area contributed by atoms with E-state index in [4.69, 9.17) is 11.6 Å². The minimum absolute atomic E-state index is 0.477. The van der Waals surface area contributed by atoms with Gasteiger partial charge in [0.25, 0.3) is 0 Å². The summed E-state index contributed by atoms with van der Waals surface area (Å²) in [7, 11) is 0. The summed E-state index contributed by atoms with van der Waals surface area (Å²) in [6.45, 7) is 2.59. The highest BCUT2D eigenvalue weighted by atomic mass is 79.9. The first-order valence-corrected chi connectivity index (χ1v) is 6.30. The fourth-order valence-corrected chi connectivity index (χ4v) is 1.96. The lowest BCUT2D eigenvalue weighted by molar-refractivity contribution is 1.03. The Hall–Kier alpha value is -1.13. The maximum absolute atomic E-state index is 5.99. The molecule has 17 heavy (non-hydrogen) atoms. The van der Waals surface area contributed by atoms with Crippen molar-refractivity contribution >= 4 is 33.2 Å². The summed E-state index contributed by atoms with van der Waals surface area (Å²) in [6.07, 6.45) is 1.74. The molecular weight excluding hydrogens is 302 g/mol. The summed E-state index contributed by atoms with van der Waals surface area (Å²) in [5.41, 5.74) is 2.84. The fourth-order valence-electron chi connectivity index (χ4n) is 1.41. The van der Waals surface area contributed by atoms with E-state index in [0.29, 0.717) is 11.7 Å². The van der Waals surface area contributed by atoms with Crippen LogP contribution in [0.15, 0.2) is 35.1 Å². The lowest BCUT2D eigenvalue weighted by atomic mass is 10.3. The van der Waals surface area contributed by atoms with Gasteiger partial charge >= 0.3 is 0 Å². The van der Waals surface area contributed by atoms with Crippen molar-refractivity contribution in [3.05, 3.63) is 51.5 Å². The zero-order valence-corrected chi connectivity index (χ0v) is 11.6. The Labute approximate surface area is 113 Å². The molecule has 0 fully saturated rings. The second-order valence-corrected chi connectivity index (χ2v) is 4.83. The van der Waals surface area contributed by atoms with E-state index in [2.05, 4.69) is 31.2 Å². The van der Waals surface area contributed by atoms with Crippen LogP contribution in [0.5, 0.6) is 0 Å². The van der Waals surface area contributed by atoms with Crippen LogP contribution >= 0.6 is 27.5 Å². The minimum atomic E-state index is 0.477. The molecule has 0 saturated carbocycles. The number of anilines is 1. The number of nitrogens with one attached hydrogen (secondary N) is 1. The third-order valence-electron chi connectivity index (χ3n) is 2.21. The molecule has 5 heteroatoms. The monoisotopic (exact) mass is 311 g/mol. The lowest BCUT2D eigenvalue weighted by Crippen LogP contribution is -2.03. The summed E-state index contributed by atoms with van der Waals surface area (Å²) >= 11 is 9.33. The first-order chi connectivity index (χ1) is 8.15. The molecule has 1 N–H and O–H groups in total. The number of aryl methyl sites for hydroxylation is 1. The second-order valence-electron chi connectivity index (χ2n) is 3.66. The zero-order chi connectivity index (χ0) is 12.3. The van der Waals surface area contributed by atoms with Crippen molar-refractivity contribution in [3.63, 3.8) is 0 Å². The molecule has 0 aliphatic heterocycles. The Morgan fingerprint density at radius 1 is 1.41 bits per heavy atom. The lowest BCUT2D eigenvalue weighted by Gasteiger charge is -2.08. The van der Waals surface area contributed by atoms with Gasteiger partial charge in [-0.25, -0.2) is 9.97 Å². The van der Waals surface area contributed by atoms with Gasteiger partial charge in [0.1, 0.15) is 4.60 Å². The topological polar surface area (TPSA) is 37.8 Å². The van der Waals surface area contributed by atoms with E-state index in [1.165, 1.54) is 0 Å². The van der Waals surface area contributed by atoms with Crippen LogP contribution in [0.4, 0.5) is 5.69 Å². The molecule has 0 bridgehead atoms. The van der Waals surface area contributed by atoms with Crippen molar-refractivity contribution in [3.8, 4) is 0 Å². The van der Waals surface area contributed by atoms with E-state index in [-0.39, 0.29) is 0 Å². The smallest absolute Gasteiger partial charge is 0.152 e. The van der Waals surface area contributed by atoms with Crippen LogP contribution in [-0.4, -0.2) is 9.97 Å². The SMILES string of the molecule is Cc1cnc(Cl)c(NCc2cccc(Br)n2)c1. The van der Waals surface area contributed by atoms with Crippen molar-refractivity contribution in [2.75, 3.05) is 5.32 Å². The highest BCUT2D eigenvalue weighted by molar-refractivity contribution is 9.10. The molecule has 2 aromatic heterocycles. The number of pyridine rings is 2. The largest absolute Gasteiger partial charge is 0.377 e. The maximum Gasteiger partial charge on any atom is 0.152 e. The molecule has 0 aromatic carbocycles. The van der Waals surface area contributed by atoms with E-state index < -0.39 is 0 Å². The van der Waals surface area contributed by atoms with E-state index in [1.54, 1.807) is 6.20 Å². The molecule has 0 radical (unpaired) electrons. The molecule has 0 atom stereocenters. The fraction of sp³-hybridized carbons (Fsp3) is 0.167. The number of aromatic nitrogens is 2. The molecule has 2 heterocycles. The van der Waals surface area contributed by atoms with Gasteiger partial charge in [0, 0.05) is 6.20 Å². The molecule has 0 aliphatic carbocycles. The van der Waals surface area contributed by atoms with Gasteiger partial charge in [-0.3, -0.25) is 0 Å². The van der Waals surface area contributed by atoms with Gasteiger partial charge < -0.3 is 5.32 Å². The second kappa shape index (κ2) is 5.47. The van der Waals surface area contributed by atoms with Gasteiger partial charge in [-0.15, -0.1) is 0 Å². The summed E-state index contributed by atoms with van der Waals surface area (Å²) in [4.78, 5) is 8.41. The van der Waals surface area contributed by atoms with E-state index in [1.807, 2.05) is 31.2 Å². The summed E-state index contributed by atoms with van der Waals surface area (Å²) in [6, 6.07) is 7.76. The summed E-state index contributed by atoms with van der Waals surface area (Å²) in [5, 5.41) is 3.70. The Morgan fingerprint density at radius 2 is 2.24 bits per heavy atom. The Kier molecular flexibility index (Phi) is 3.97. The predicted molar refractivity (Wildman–Crippen MR) is 73.2 cm³/mol. The maximum atomic E-state index is 5.99. The van der Waals surface area contributed by atoms with Gasteiger partial charge in [-0.1, -0.05) is 17.7 Å². The third-order valence-corrected chi connectivity index (χ3v) is 2.95. The number of halogens is 2. The molecule has 0 saturated heterocycles. The van der Waals surface area contributed by atoms with Crippen molar-refractivity contribution < 1.29 is 0 Å². The van der Waals surface area contributed by atoms with Gasteiger partial charge in [-0.05, 0) is 46.6 Å². The average molecular weight is 313 g/mol. The highest BCUT2D eigenvalue weighted by Crippen LogP contribution is 2.20. The van der Waals surface area contributed by atoms with Crippen LogP contribution in [0.3, 0.4) is 0 Å². The molecule has 3 nitrogen and oxygen atoms in total. The van der Waals surface area contributed by atoms with Crippen LogP contribution in [0.1, 0.15) is 11.3 Å². The van der Waals surface area contributed by atoms with Crippen molar-refractivity contribution in [2.24, 2.45) is 0 Å². The van der Waals surface area contributed by atoms with Crippen molar-refractivity contribution in [2.45, 2.75) is 13.5 Å². The normalized spacial score (nSPS) is 10.3. The summed E-state index contributed by atoms with van der Waals surface area (Å²) in [5.74, 6) is 0. The van der Waals surface area contributed by atoms with Gasteiger partial charge in [0.15, 0.2) is 5.15 Å². The first-order valence-electron chi connectivity index (χ1n) is 5.12. The first kappa shape index (κ1) is 12.3. The Morgan fingerprint density at radius 3 is 3.00 bits per heavy atom. The van der Waals surface area contributed by atoms with Crippen LogP contribution in [0, 0.1) is 6.92 Å². The number of rotatable bonds is 3. The predicted octanol–water partition coefficient (Wildman–Crippen LogP) is 3.81. The average Bonchev–Trinajstić information content (AvgIpc) is 2.30. The Balaban J connectivity index is 2.09. The zero-order valence-electron chi connectivity index (χ0n) is 9.24. The van der Waals surface area contributed by atoms with Crippen LogP contribution < -0.4 is 5.32 Å². The van der Waals surface area contributed by atoms with Crippen molar-refractivity contribution in [1.29, 1.82) is 0 Å². The summed E-state index contributed by atoms with van der Waals surface area (Å²) < 4.78 is 0.824. The van der Waals surface area contributed by atoms with Gasteiger partial charge in [0.05, 0.1) is 17.9 Å². The highest BCUT2D eigenvalue weighted by Gasteiger charge is 2.02. The van der Waals surface area contributed by atoms with Crippen LogP contribution in [0.2, 0.25) is 5.15 Å². The molecule has 2 aromatic rings. The number of hydrogen-bond donors (Lipinski definition) is 1. The standard InChI is InChI=1S/C12H11BrClN3/c1-8-5-10(12(14)16-6-8)15-7-9-3-2-4-11(13)17-9/h2-6,15H,7H2,1H3. The van der Waals surface area contributed by atoms with E-state index in [0.717, 1.165) is 21.5 Å². The molecule has 0 unspecified atom stereocenters.